The van der Waals surface area contributed by atoms with Crippen LogP contribution < -0.4 is 16.4 Å². The molecule has 0 aliphatic carbocycles. The maximum atomic E-state index is 12.5. The Balaban J connectivity index is 4.33. The van der Waals surface area contributed by atoms with Crippen molar-refractivity contribution < 1.29 is 23.8 Å². The average molecular weight is 490 g/mol. The van der Waals surface area contributed by atoms with E-state index in [1.54, 1.807) is 0 Å². The van der Waals surface area contributed by atoms with E-state index in [4.69, 9.17) is 19.9 Å². The summed E-state index contributed by atoms with van der Waals surface area (Å²) in [7, 11) is 2.00. The maximum absolute atomic E-state index is 12.5. The molecule has 0 aliphatic heterocycles. The third kappa shape index (κ3) is 19.1. The molecule has 33 heavy (non-hydrogen) atoms. The molecule has 0 saturated heterocycles. The number of rotatable bonds is 14. The van der Waals surface area contributed by atoms with Crippen molar-refractivity contribution in [3.05, 3.63) is 0 Å². The number of ether oxygens (including phenoxy) is 3. The second kappa shape index (κ2) is 12.7. The largest absolute Gasteiger partial charge is 0.444 e. The van der Waals surface area contributed by atoms with Crippen LogP contribution >= 0.6 is 12.6 Å². The van der Waals surface area contributed by atoms with E-state index < -0.39 is 22.0 Å². The highest BCUT2D eigenvalue weighted by atomic mass is 32.1. The fourth-order valence-corrected chi connectivity index (χ4v) is 2.87. The Morgan fingerprint density at radius 2 is 1.39 bits per heavy atom. The van der Waals surface area contributed by atoms with Crippen molar-refractivity contribution in [2.45, 2.75) is 89.9 Å². The summed E-state index contributed by atoms with van der Waals surface area (Å²) in [6.45, 7) is 19.7. The first-order valence-electron chi connectivity index (χ1n) is 11.5. The number of alkyl carbamates (subject to hydrolysis) is 1. The van der Waals surface area contributed by atoms with Crippen LogP contribution in [0.5, 0.6) is 0 Å². The molecule has 8 nitrogen and oxygen atoms in total. The van der Waals surface area contributed by atoms with Crippen LogP contribution in [-0.2, 0) is 19.0 Å². The molecule has 0 radical (unpaired) electrons. The highest BCUT2D eigenvalue weighted by Gasteiger charge is 2.27. The zero-order valence-corrected chi connectivity index (χ0v) is 23.4. The van der Waals surface area contributed by atoms with Gasteiger partial charge < -0.3 is 30.6 Å². The first-order valence-corrected chi connectivity index (χ1v) is 12.0. The third-order valence-corrected chi connectivity index (χ3v) is 4.58. The number of carbonyl (C=O) groups is 2. The number of nitrogens with two attached hydrogens (primary N) is 1. The number of hydrogen-bond acceptors (Lipinski definition) is 7. The van der Waals surface area contributed by atoms with Gasteiger partial charge in [-0.15, -0.1) is 0 Å². The lowest BCUT2D eigenvalue weighted by Gasteiger charge is -2.30. The molecule has 4 N–H and O–H groups in total. The van der Waals surface area contributed by atoms with Crippen LogP contribution in [0.3, 0.4) is 0 Å². The molecule has 0 aromatic carbocycles. The number of carbonyl (C=O) groups excluding carboxylic acids is 2. The SMILES string of the molecule is BC(C)(COCC(C)(C)N)CC(=O)NCC(C)(C)COCC(C)(S)CNC(=O)OC(C)(C)C. The summed E-state index contributed by atoms with van der Waals surface area (Å²) in [5, 5.41) is 5.44. The Kier molecular flexibility index (Phi) is 12.3. The normalized spacial score (nSPS) is 16.5. The van der Waals surface area contributed by atoms with Gasteiger partial charge in [0.05, 0.1) is 24.6 Å². The molecule has 0 saturated carbocycles. The van der Waals surface area contributed by atoms with Gasteiger partial charge in [0.15, 0.2) is 0 Å². The minimum Gasteiger partial charge on any atom is -0.444 e. The molecular weight excluding hydrogens is 441 g/mol. The predicted molar refractivity (Wildman–Crippen MR) is 140 cm³/mol. The number of nitrogens with one attached hydrogen (secondary N) is 2. The van der Waals surface area contributed by atoms with Gasteiger partial charge in [0, 0.05) is 37.1 Å². The average Bonchev–Trinajstić information content (AvgIpc) is 2.55. The molecule has 2 unspecified atom stereocenters. The summed E-state index contributed by atoms with van der Waals surface area (Å²) in [6.07, 6.45) is -0.120. The summed E-state index contributed by atoms with van der Waals surface area (Å²) in [5.74, 6) is -0.0238. The molecule has 10 heteroatoms. The fourth-order valence-electron chi connectivity index (χ4n) is 2.70. The summed E-state index contributed by atoms with van der Waals surface area (Å²) < 4.78 is 16.2. The molecule has 2 atom stereocenters. The van der Waals surface area contributed by atoms with E-state index in [-0.39, 0.29) is 16.6 Å². The van der Waals surface area contributed by atoms with Crippen molar-refractivity contribution in [3.8, 4) is 0 Å². The van der Waals surface area contributed by atoms with Crippen LogP contribution in [0.1, 0.15) is 68.7 Å². The topological polar surface area (TPSA) is 112 Å². The smallest absolute Gasteiger partial charge is 0.407 e. The lowest BCUT2D eigenvalue weighted by atomic mass is 9.68. The third-order valence-electron chi connectivity index (χ3n) is 4.29. The van der Waals surface area contributed by atoms with Gasteiger partial charge >= 0.3 is 6.09 Å². The second-order valence-electron chi connectivity index (χ2n) is 12.6. The van der Waals surface area contributed by atoms with E-state index in [9.17, 15) is 9.59 Å². The molecule has 0 aliphatic rings. The van der Waals surface area contributed by atoms with E-state index in [1.165, 1.54) is 0 Å². The second-order valence-corrected chi connectivity index (χ2v) is 13.7. The zero-order valence-electron chi connectivity index (χ0n) is 22.5. The maximum Gasteiger partial charge on any atom is 0.407 e. The first-order chi connectivity index (χ1) is 14.6. The van der Waals surface area contributed by atoms with Crippen LogP contribution in [0, 0.1) is 5.41 Å². The predicted octanol–water partition coefficient (Wildman–Crippen LogP) is 2.31. The standard InChI is InChI=1S/C23H48BN3O5S/c1-19(2,3)32-18(29)27-12-23(9,33)16-30-13-20(4,5)11-26-17(28)10-22(8,24)15-31-14-21(6,7)25/h33H,10-16,24-25H2,1-9H3,(H,26,28)(H,27,29). The molecule has 0 heterocycles. The molecule has 0 aromatic rings. The van der Waals surface area contributed by atoms with Gasteiger partial charge in [-0.1, -0.05) is 20.8 Å². The molecule has 0 fully saturated rings. The van der Waals surface area contributed by atoms with Gasteiger partial charge in [0.2, 0.25) is 5.91 Å². The molecule has 0 rings (SSSR count). The van der Waals surface area contributed by atoms with E-state index >= 15 is 0 Å². The summed E-state index contributed by atoms with van der Waals surface area (Å²) in [5.41, 5.74) is 4.73. The van der Waals surface area contributed by atoms with Crippen molar-refractivity contribution in [1.82, 2.24) is 10.6 Å². The van der Waals surface area contributed by atoms with Crippen LogP contribution in [0.25, 0.3) is 0 Å². The monoisotopic (exact) mass is 489 g/mol. The number of hydrogen-bond donors (Lipinski definition) is 4. The minimum atomic E-state index is -0.557. The Morgan fingerprint density at radius 1 is 0.848 bits per heavy atom. The van der Waals surface area contributed by atoms with Crippen LogP contribution in [0.2, 0.25) is 5.31 Å². The Morgan fingerprint density at radius 3 is 1.91 bits per heavy atom. The summed E-state index contributed by atoms with van der Waals surface area (Å²) >= 11 is 4.59. The van der Waals surface area contributed by atoms with E-state index in [2.05, 4.69) is 23.3 Å². The minimum absolute atomic E-state index is 0.0238. The molecule has 0 aromatic heterocycles. The van der Waals surface area contributed by atoms with Crippen LogP contribution in [-0.4, -0.2) is 75.3 Å². The van der Waals surface area contributed by atoms with Crippen LogP contribution in [0.4, 0.5) is 4.79 Å². The van der Waals surface area contributed by atoms with Crippen molar-refractivity contribution in [2.75, 3.05) is 39.5 Å². The highest BCUT2D eigenvalue weighted by Crippen LogP contribution is 2.26. The van der Waals surface area contributed by atoms with Gasteiger partial charge in [0.25, 0.3) is 0 Å². The summed E-state index contributed by atoms with van der Waals surface area (Å²) in [4.78, 5) is 24.3. The number of amides is 2. The van der Waals surface area contributed by atoms with E-state index in [0.717, 1.165) is 0 Å². The number of thiol groups is 1. The lowest BCUT2D eigenvalue weighted by molar-refractivity contribution is -0.122. The first kappa shape index (κ1) is 32.0. The van der Waals surface area contributed by atoms with Crippen molar-refractivity contribution in [2.24, 2.45) is 11.1 Å². The van der Waals surface area contributed by atoms with Gasteiger partial charge in [-0.25, -0.2) is 4.79 Å². The molecule has 0 spiro atoms. The van der Waals surface area contributed by atoms with Crippen molar-refractivity contribution in [1.29, 1.82) is 0 Å². The summed E-state index contributed by atoms with van der Waals surface area (Å²) in [6, 6.07) is 0. The van der Waals surface area contributed by atoms with Crippen LogP contribution in [0.15, 0.2) is 0 Å². The van der Waals surface area contributed by atoms with E-state index in [1.807, 2.05) is 70.2 Å². The lowest BCUT2D eigenvalue weighted by Crippen LogP contribution is -2.43. The molecule has 2 amide bonds. The molecule has 0 bridgehead atoms. The quantitative estimate of drug-likeness (QED) is 0.220. The Bertz CT molecular complexity index is 629. The van der Waals surface area contributed by atoms with Gasteiger partial charge in [-0.05, 0) is 46.9 Å². The van der Waals surface area contributed by atoms with Crippen molar-refractivity contribution in [3.63, 3.8) is 0 Å². The fraction of sp³-hybridized carbons (Fsp3) is 0.913. The highest BCUT2D eigenvalue weighted by molar-refractivity contribution is 7.81. The van der Waals surface area contributed by atoms with Crippen molar-refractivity contribution >= 4 is 32.5 Å². The van der Waals surface area contributed by atoms with Gasteiger partial charge in [-0.3, -0.25) is 4.79 Å². The van der Waals surface area contributed by atoms with E-state index in [0.29, 0.717) is 45.9 Å². The van der Waals surface area contributed by atoms with Gasteiger partial charge in [0.1, 0.15) is 13.4 Å². The Labute approximate surface area is 207 Å². The van der Waals surface area contributed by atoms with Gasteiger partial charge in [-0.2, -0.15) is 12.6 Å². The molecular formula is C23H48BN3O5S. The molecule has 194 valence electrons. The Hall–Kier alpha value is -0.965. The zero-order chi connectivity index (χ0) is 26.1.